The highest BCUT2D eigenvalue weighted by atomic mass is 35.5. The van der Waals surface area contributed by atoms with Crippen molar-refractivity contribution in [3.05, 3.63) is 64.2 Å². The van der Waals surface area contributed by atoms with E-state index in [4.69, 9.17) is 25.8 Å². The number of halogens is 1. The van der Waals surface area contributed by atoms with Crippen LogP contribution in [-0.2, 0) is 21.7 Å². The molecule has 30 heavy (non-hydrogen) atoms. The molecule has 2 aromatic rings. The van der Waals surface area contributed by atoms with Gasteiger partial charge in [-0.2, -0.15) is 0 Å². The quantitative estimate of drug-likeness (QED) is 0.541. The molecule has 2 aromatic carbocycles. The Labute approximate surface area is 179 Å². The van der Waals surface area contributed by atoms with E-state index in [1.165, 1.54) is 0 Å². The maximum absolute atomic E-state index is 10.7. The van der Waals surface area contributed by atoms with Crippen LogP contribution in [0, 0.1) is 0 Å². The van der Waals surface area contributed by atoms with E-state index in [0.717, 1.165) is 16.9 Å². The molecule has 2 aliphatic rings. The van der Waals surface area contributed by atoms with Crippen molar-refractivity contribution in [1.29, 1.82) is 0 Å². The molecule has 0 aliphatic carbocycles. The van der Waals surface area contributed by atoms with Crippen LogP contribution in [-0.4, -0.2) is 64.2 Å². The van der Waals surface area contributed by atoms with E-state index in [1.54, 1.807) is 18.2 Å². The van der Waals surface area contributed by atoms with E-state index in [0.29, 0.717) is 23.6 Å². The maximum atomic E-state index is 10.7. The number of ether oxygens (including phenoxy) is 3. The first kappa shape index (κ1) is 21.5. The van der Waals surface area contributed by atoms with Crippen LogP contribution in [0.1, 0.15) is 23.6 Å². The van der Waals surface area contributed by atoms with Gasteiger partial charge in [-0.15, -0.1) is 0 Å². The molecule has 8 heteroatoms. The monoisotopic (exact) mass is 436 g/mol. The molecule has 5 atom stereocenters. The van der Waals surface area contributed by atoms with Gasteiger partial charge in [-0.25, -0.2) is 0 Å². The molecular weight excluding hydrogens is 412 g/mol. The zero-order chi connectivity index (χ0) is 21.5. The number of aliphatic hydroxyl groups excluding tert-OH is 4. The summed E-state index contributed by atoms with van der Waals surface area (Å²) in [6.45, 7) is 1.78. The molecular formula is C22H25ClO7. The van der Waals surface area contributed by atoms with Crippen molar-refractivity contribution >= 4 is 11.6 Å². The van der Waals surface area contributed by atoms with Crippen molar-refractivity contribution in [1.82, 2.24) is 0 Å². The van der Waals surface area contributed by atoms with Gasteiger partial charge in [-0.1, -0.05) is 29.8 Å². The number of fused-ring (bicyclic) bond motifs is 2. The van der Waals surface area contributed by atoms with E-state index in [-0.39, 0.29) is 6.61 Å². The lowest BCUT2D eigenvalue weighted by Gasteiger charge is -2.46. The molecule has 0 saturated carbocycles. The van der Waals surface area contributed by atoms with Gasteiger partial charge < -0.3 is 34.6 Å². The highest BCUT2D eigenvalue weighted by molar-refractivity contribution is 6.31. The van der Waals surface area contributed by atoms with E-state index in [9.17, 15) is 20.4 Å². The van der Waals surface area contributed by atoms with E-state index >= 15 is 0 Å². The summed E-state index contributed by atoms with van der Waals surface area (Å²) >= 11 is 6.41. The fraction of sp³-hybridized carbons (Fsp3) is 0.455. The summed E-state index contributed by atoms with van der Waals surface area (Å²) in [5, 5.41) is 41.7. The maximum Gasteiger partial charge on any atom is 0.225 e. The molecule has 2 fully saturated rings. The normalized spacial score (nSPS) is 32.9. The second kappa shape index (κ2) is 8.09. The average Bonchev–Trinajstić information content (AvgIpc) is 3.14. The van der Waals surface area contributed by atoms with Gasteiger partial charge in [0.15, 0.2) is 0 Å². The van der Waals surface area contributed by atoms with Crippen LogP contribution < -0.4 is 4.74 Å². The fourth-order valence-electron chi connectivity index (χ4n) is 4.09. The summed E-state index contributed by atoms with van der Waals surface area (Å²) < 4.78 is 17.1. The second-order valence-electron chi connectivity index (χ2n) is 7.72. The highest BCUT2D eigenvalue weighted by Crippen LogP contribution is 2.49. The van der Waals surface area contributed by atoms with Crippen molar-refractivity contribution < 1.29 is 34.6 Å². The van der Waals surface area contributed by atoms with Gasteiger partial charge in [0.1, 0.15) is 29.7 Å². The zero-order valence-electron chi connectivity index (χ0n) is 16.5. The molecule has 2 bridgehead atoms. The smallest absolute Gasteiger partial charge is 0.225 e. The van der Waals surface area contributed by atoms with Crippen molar-refractivity contribution in [2.75, 3.05) is 19.8 Å². The van der Waals surface area contributed by atoms with Crippen LogP contribution in [0.25, 0.3) is 0 Å². The summed E-state index contributed by atoms with van der Waals surface area (Å²) in [6, 6.07) is 12.7. The molecule has 2 saturated heterocycles. The number of hydrogen-bond donors (Lipinski definition) is 4. The van der Waals surface area contributed by atoms with Gasteiger partial charge >= 0.3 is 0 Å². The van der Waals surface area contributed by atoms with Crippen LogP contribution in [0.2, 0.25) is 5.02 Å². The lowest BCUT2D eigenvalue weighted by molar-refractivity contribution is -0.329. The number of hydrogen-bond acceptors (Lipinski definition) is 7. The van der Waals surface area contributed by atoms with Gasteiger partial charge in [0.05, 0.1) is 19.8 Å². The van der Waals surface area contributed by atoms with Gasteiger partial charge in [0.25, 0.3) is 0 Å². The molecule has 4 N–H and O–H groups in total. The SMILES string of the molecule is CCOc1ccc(Cc2cc([C@@]34OC[C@@](CO)(O3)[C@H](O)[C@@H](O)[C@H]4O)ccc2Cl)cc1. The first-order valence-electron chi connectivity index (χ1n) is 9.85. The third kappa shape index (κ3) is 3.40. The summed E-state index contributed by atoms with van der Waals surface area (Å²) in [4.78, 5) is 0. The molecule has 0 spiro atoms. The largest absolute Gasteiger partial charge is 0.494 e. The Balaban J connectivity index is 1.66. The lowest BCUT2D eigenvalue weighted by atomic mass is 9.83. The molecule has 162 valence electrons. The first-order valence-corrected chi connectivity index (χ1v) is 10.2. The van der Waals surface area contributed by atoms with Crippen LogP contribution in [0.15, 0.2) is 42.5 Å². The molecule has 0 amide bonds. The molecule has 4 rings (SSSR count). The van der Waals surface area contributed by atoms with Crippen molar-refractivity contribution in [2.24, 2.45) is 0 Å². The topological polar surface area (TPSA) is 109 Å². The number of benzene rings is 2. The zero-order valence-corrected chi connectivity index (χ0v) is 17.2. The Kier molecular flexibility index (Phi) is 5.80. The van der Waals surface area contributed by atoms with Crippen LogP contribution >= 0.6 is 11.6 Å². The summed E-state index contributed by atoms with van der Waals surface area (Å²) in [6.07, 6.45) is -4.06. The van der Waals surface area contributed by atoms with Crippen LogP contribution in [0.5, 0.6) is 5.75 Å². The Hall–Kier alpha value is -1.71. The Bertz CT molecular complexity index is 905. The predicted octanol–water partition coefficient (Wildman–Crippen LogP) is 1.36. The van der Waals surface area contributed by atoms with Crippen LogP contribution in [0.4, 0.5) is 0 Å². The number of aliphatic hydroxyl groups is 4. The minimum Gasteiger partial charge on any atom is -0.494 e. The third-order valence-corrected chi connectivity index (χ3v) is 6.17. The molecule has 0 radical (unpaired) electrons. The van der Waals surface area contributed by atoms with Gasteiger partial charge in [0.2, 0.25) is 5.79 Å². The lowest BCUT2D eigenvalue weighted by Crippen LogP contribution is -2.65. The summed E-state index contributed by atoms with van der Waals surface area (Å²) in [7, 11) is 0. The average molecular weight is 437 g/mol. The molecule has 2 aliphatic heterocycles. The van der Waals surface area contributed by atoms with E-state index < -0.39 is 36.3 Å². The Morgan fingerprint density at radius 2 is 1.83 bits per heavy atom. The minimum absolute atomic E-state index is 0.171. The predicted molar refractivity (Wildman–Crippen MR) is 108 cm³/mol. The summed E-state index contributed by atoms with van der Waals surface area (Å²) in [5.74, 6) is -0.925. The molecule has 0 unspecified atom stereocenters. The number of rotatable bonds is 6. The van der Waals surface area contributed by atoms with Gasteiger partial charge in [-0.05, 0) is 48.7 Å². The first-order chi connectivity index (χ1) is 14.3. The van der Waals surface area contributed by atoms with Crippen molar-refractivity contribution in [3.63, 3.8) is 0 Å². The standard InChI is InChI=1S/C22H25ClO7/c1-2-28-16-6-3-13(4-7-16)9-14-10-15(5-8-17(14)23)22-20(27)18(25)19(26)21(11-24,30-22)12-29-22/h3-8,10,18-20,24-27H,2,9,11-12H2,1H3/t18-,19-,20-,21-,22-/m1/s1. The minimum atomic E-state index is -1.71. The van der Waals surface area contributed by atoms with Crippen LogP contribution in [0.3, 0.4) is 0 Å². The molecule has 0 aromatic heterocycles. The third-order valence-electron chi connectivity index (χ3n) is 5.81. The molecule has 7 nitrogen and oxygen atoms in total. The van der Waals surface area contributed by atoms with E-state index in [2.05, 4.69) is 0 Å². The highest BCUT2D eigenvalue weighted by Gasteiger charge is 2.67. The molecule has 2 heterocycles. The van der Waals surface area contributed by atoms with Gasteiger partial charge in [-0.3, -0.25) is 0 Å². The Morgan fingerprint density at radius 3 is 2.50 bits per heavy atom. The fourth-order valence-corrected chi connectivity index (χ4v) is 4.28. The van der Waals surface area contributed by atoms with E-state index in [1.807, 2.05) is 31.2 Å². The van der Waals surface area contributed by atoms with Crippen molar-refractivity contribution in [3.8, 4) is 5.75 Å². The van der Waals surface area contributed by atoms with Gasteiger partial charge in [0, 0.05) is 10.6 Å². The Morgan fingerprint density at radius 1 is 1.10 bits per heavy atom. The second-order valence-corrected chi connectivity index (χ2v) is 8.13. The van der Waals surface area contributed by atoms with Crippen molar-refractivity contribution in [2.45, 2.75) is 43.0 Å². The summed E-state index contributed by atoms with van der Waals surface area (Å²) in [5.41, 5.74) is 0.719.